The van der Waals surface area contributed by atoms with Gasteiger partial charge in [-0.05, 0) is 17.9 Å². The lowest BCUT2D eigenvalue weighted by Crippen LogP contribution is -1.83. The maximum absolute atomic E-state index is 9.26. The van der Waals surface area contributed by atoms with E-state index in [-0.39, 0.29) is 5.75 Å². The van der Waals surface area contributed by atoms with E-state index in [4.69, 9.17) is 4.74 Å². The smallest absolute Gasteiger partial charge is 0.123 e. The van der Waals surface area contributed by atoms with Crippen molar-refractivity contribution in [1.29, 1.82) is 0 Å². The fraction of sp³-hybridized carbons (Fsp3) is 0.333. The first-order chi connectivity index (χ1) is 5.76. The van der Waals surface area contributed by atoms with Crippen LogP contribution in [-0.2, 0) is 0 Å². The lowest BCUT2D eigenvalue weighted by molar-refractivity contribution is 0.406. The van der Waals surface area contributed by atoms with E-state index in [0.29, 0.717) is 5.75 Å². The number of phenols is 1. The van der Waals surface area contributed by atoms with Gasteiger partial charge in [-0.1, -0.05) is 6.92 Å². The summed E-state index contributed by atoms with van der Waals surface area (Å²) in [6, 6.07) is 5.24. The molecule has 0 unspecified atom stereocenters. The molecule has 1 aromatic rings. The van der Waals surface area contributed by atoms with E-state index in [1.807, 2.05) is 6.07 Å². The molecule has 0 fully saturated rings. The molecule has 66 valence electrons. The predicted octanol–water partition coefficient (Wildman–Crippen LogP) is 2.51. The summed E-state index contributed by atoms with van der Waals surface area (Å²) in [4.78, 5) is 1.04. The van der Waals surface area contributed by atoms with Crippen molar-refractivity contribution in [2.24, 2.45) is 0 Å². The lowest BCUT2D eigenvalue weighted by atomic mass is 10.3. The Morgan fingerprint density at radius 3 is 2.75 bits per heavy atom. The van der Waals surface area contributed by atoms with Gasteiger partial charge in [0.05, 0.1) is 7.11 Å². The highest BCUT2D eigenvalue weighted by atomic mass is 32.2. The highest BCUT2D eigenvalue weighted by Gasteiger charge is 1.99. The van der Waals surface area contributed by atoms with Crippen LogP contribution >= 0.6 is 11.8 Å². The number of benzene rings is 1. The van der Waals surface area contributed by atoms with Gasteiger partial charge in [-0.15, -0.1) is 11.8 Å². The highest BCUT2D eigenvalue weighted by Crippen LogP contribution is 2.27. The minimum absolute atomic E-state index is 0.255. The van der Waals surface area contributed by atoms with E-state index in [9.17, 15) is 5.11 Å². The van der Waals surface area contributed by atoms with Crippen molar-refractivity contribution >= 4 is 11.8 Å². The molecule has 1 rings (SSSR count). The molecule has 12 heavy (non-hydrogen) atoms. The number of methoxy groups -OCH3 is 1. The van der Waals surface area contributed by atoms with Crippen molar-refractivity contribution in [3.63, 3.8) is 0 Å². The van der Waals surface area contributed by atoms with Gasteiger partial charge in [0.2, 0.25) is 0 Å². The molecule has 0 amide bonds. The number of phenolic OH excluding ortho intramolecular Hbond substituents is 1. The number of rotatable bonds is 3. The van der Waals surface area contributed by atoms with Crippen LogP contribution < -0.4 is 4.74 Å². The molecule has 0 saturated heterocycles. The molecular formula is C9H12O2S. The number of ether oxygens (including phenoxy) is 1. The Kier molecular flexibility index (Phi) is 3.29. The largest absolute Gasteiger partial charge is 0.508 e. The summed E-state index contributed by atoms with van der Waals surface area (Å²) in [6.07, 6.45) is 0. The van der Waals surface area contributed by atoms with E-state index in [1.54, 1.807) is 31.0 Å². The molecule has 0 atom stereocenters. The van der Waals surface area contributed by atoms with Crippen LogP contribution in [0.3, 0.4) is 0 Å². The van der Waals surface area contributed by atoms with Gasteiger partial charge in [-0.3, -0.25) is 0 Å². The van der Waals surface area contributed by atoms with Crippen molar-refractivity contribution in [2.75, 3.05) is 12.9 Å². The second kappa shape index (κ2) is 4.26. The minimum Gasteiger partial charge on any atom is -0.508 e. The van der Waals surface area contributed by atoms with Crippen LogP contribution in [-0.4, -0.2) is 18.0 Å². The third-order valence-corrected chi connectivity index (χ3v) is 2.27. The van der Waals surface area contributed by atoms with Gasteiger partial charge in [0, 0.05) is 11.0 Å². The Morgan fingerprint density at radius 1 is 1.42 bits per heavy atom. The molecule has 0 aliphatic rings. The fourth-order valence-corrected chi connectivity index (χ4v) is 1.66. The zero-order chi connectivity index (χ0) is 8.97. The number of aromatic hydroxyl groups is 1. The Hall–Kier alpha value is -0.830. The van der Waals surface area contributed by atoms with Crippen molar-refractivity contribution in [2.45, 2.75) is 11.8 Å². The third-order valence-electron chi connectivity index (χ3n) is 1.41. The van der Waals surface area contributed by atoms with Crippen LogP contribution in [0.5, 0.6) is 11.5 Å². The van der Waals surface area contributed by atoms with E-state index in [2.05, 4.69) is 6.92 Å². The predicted molar refractivity (Wildman–Crippen MR) is 51.1 cm³/mol. The Bertz CT molecular complexity index is 261. The number of hydrogen-bond donors (Lipinski definition) is 1. The Balaban J connectivity index is 2.90. The summed E-state index contributed by atoms with van der Waals surface area (Å²) >= 11 is 1.68. The third kappa shape index (κ3) is 2.34. The first kappa shape index (κ1) is 9.26. The molecule has 0 bridgehead atoms. The average Bonchev–Trinajstić information content (AvgIpc) is 2.04. The Morgan fingerprint density at radius 2 is 2.17 bits per heavy atom. The van der Waals surface area contributed by atoms with E-state index < -0.39 is 0 Å². The molecule has 1 N–H and O–H groups in total. The second-order valence-electron chi connectivity index (χ2n) is 2.30. The molecule has 0 aliphatic carbocycles. The first-order valence-electron chi connectivity index (χ1n) is 3.77. The van der Waals surface area contributed by atoms with Gasteiger partial charge >= 0.3 is 0 Å². The van der Waals surface area contributed by atoms with E-state index in [1.165, 1.54) is 0 Å². The molecular weight excluding hydrogens is 172 g/mol. The molecule has 2 nitrogen and oxygen atoms in total. The molecule has 1 aromatic carbocycles. The summed E-state index contributed by atoms with van der Waals surface area (Å²) in [6.45, 7) is 2.07. The van der Waals surface area contributed by atoms with Gasteiger partial charge < -0.3 is 9.84 Å². The summed E-state index contributed by atoms with van der Waals surface area (Å²) in [5, 5.41) is 9.26. The molecule has 0 saturated carbocycles. The van der Waals surface area contributed by atoms with Crippen LogP contribution in [0.15, 0.2) is 23.1 Å². The quantitative estimate of drug-likeness (QED) is 0.732. The normalized spacial score (nSPS) is 9.83. The number of hydrogen-bond acceptors (Lipinski definition) is 3. The Labute approximate surface area is 76.6 Å². The minimum atomic E-state index is 0.255. The monoisotopic (exact) mass is 184 g/mol. The summed E-state index contributed by atoms with van der Waals surface area (Å²) in [5.41, 5.74) is 0. The van der Waals surface area contributed by atoms with E-state index >= 15 is 0 Å². The summed E-state index contributed by atoms with van der Waals surface area (Å²) < 4.78 is 5.01. The SMILES string of the molecule is CCSc1cc(O)cc(OC)c1. The summed E-state index contributed by atoms with van der Waals surface area (Å²) in [7, 11) is 1.59. The van der Waals surface area contributed by atoms with Crippen LogP contribution in [0.2, 0.25) is 0 Å². The van der Waals surface area contributed by atoms with Crippen molar-refractivity contribution in [1.82, 2.24) is 0 Å². The van der Waals surface area contributed by atoms with Crippen LogP contribution in [0, 0.1) is 0 Å². The van der Waals surface area contributed by atoms with Crippen molar-refractivity contribution < 1.29 is 9.84 Å². The van der Waals surface area contributed by atoms with Crippen molar-refractivity contribution in [3.05, 3.63) is 18.2 Å². The van der Waals surface area contributed by atoms with Gasteiger partial charge in [0.1, 0.15) is 11.5 Å². The van der Waals surface area contributed by atoms with Gasteiger partial charge in [-0.25, -0.2) is 0 Å². The van der Waals surface area contributed by atoms with Crippen LogP contribution in [0.4, 0.5) is 0 Å². The van der Waals surface area contributed by atoms with Gasteiger partial charge in [-0.2, -0.15) is 0 Å². The van der Waals surface area contributed by atoms with Crippen LogP contribution in [0.25, 0.3) is 0 Å². The standard InChI is InChI=1S/C9H12O2S/c1-3-12-9-5-7(10)4-8(6-9)11-2/h4-6,10H,3H2,1-2H3. The molecule has 0 radical (unpaired) electrons. The fourth-order valence-electron chi connectivity index (χ4n) is 0.925. The topological polar surface area (TPSA) is 29.5 Å². The van der Waals surface area contributed by atoms with Gasteiger partial charge in [0.25, 0.3) is 0 Å². The lowest BCUT2D eigenvalue weighted by Gasteiger charge is -2.03. The number of thioether (sulfide) groups is 1. The molecule has 3 heteroatoms. The van der Waals surface area contributed by atoms with Crippen molar-refractivity contribution in [3.8, 4) is 11.5 Å². The highest BCUT2D eigenvalue weighted by molar-refractivity contribution is 7.99. The maximum atomic E-state index is 9.26. The summed E-state index contributed by atoms with van der Waals surface area (Å²) in [5.74, 6) is 1.95. The molecule has 0 aliphatic heterocycles. The first-order valence-corrected chi connectivity index (χ1v) is 4.75. The zero-order valence-electron chi connectivity index (χ0n) is 7.20. The average molecular weight is 184 g/mol. The zero-order valence-corrected chi connectivity index (χ0v) is 8.02. The maximum Gasteiger partial charge on any atom is 0.123 e. The molecule has 0 heterocycles. The molecule has 0 aromatic heterocycles. The second-order valence-corrected chi connectivity index (χ2v) is 3.64. The van der Waals surface area contributed by atoms with Gasteiger partial charge in [0.15, 0.2) is 0 Å². The molecule has 0 spiro atoms. The van der Waals surface area contributed by atoms with E-state index in [0.717, 1.165) is 10.6 Å². The van der Waals surface area contributed by atoms with Crippen LogP contribution in [0.1, 0.15) is 6.92 Å².